The van der Waals surface area contributed by atoms with Crippen LogP contribution in [0.1, 0.15) is 49.3 Å². The van der Waals surface area contributed by atoms with E-state index in [1.165, 1.54) is 25.3 Å². The van der Waals surface area contributed by atoms with Crippen LogP contribution in [-0.2, 0) is 4.74 Å². The number of nitrogens with two attached hydrogens (primary N) is 1. The summed E-state index contributed by atoms with van der Waals surface area (Å²) in [4.78, 5) is 0. The molecule has 1 saturated heterocycles. The fourth-order valence-electron chi connectivity index (χ4n) is 3.52. The molecule has 1 saturated carbocycles. The molecule has 1 aromatic rings. The van der Waals surface area contributed by atoms with Gasteiger partial charge in [0.15, 0.2) is 0 Å². The summed E-state index contributed by atoms with van der Waals surface area (Å²) in [5.74, 6) is 0.219. The molecule has 3 rings (SSSR count). The quantitative estimate of drug-likeness (QED) is 0.886. The lowest BCUT2D eigenvalue weighted by atomic mass is 9.69. The van der Waals surface area contributed by atoms with Gasteiger partial charge >= 0.3 is 0 Å². The molecule has 19 heavy (non-hydrogen) atoms. The van der Waals surface area contributed by atoms with Gasteiger partial charge in [0.25, 0.3) is 0 Å². The molecule has 0 bridgehead atoms. The molecule has 2 aliphatic rings. The average molecular weight is 263 g/mol. The van der Waals surface area contributed by atoms with E-state index in [9.17, 15) is 4.39 Å². The van der Waals surface area contributed by atoms with Gasteiger partial charge in [0.2, 0.25) is 0 Å². The molecule has 2 nitrogen and oxygen atoms in total. The summed E-state index contributed by atoms with van der Waals surface area (Å²) in [7, 11) is 0. The Morgan fingerprint density at radius 1 is 1.42 bits per heavy atom. The lowest BCUT2D eigenvalue weighted by molar-refractivity contribution is -0.146. The molecule has 2 unspecified atom stereocenters. The van der Waals surface area contributed by atoms with E-state index in [0.717, 1.165) is 30.6 Å². The van der Waals surface area contributed by atoms with Gasteiger partial charge in [-0.3, -0.25) is 0 Å². The van der Waals surface area contributed by atoms with Crippen LogP contribution in [0.5, 0.6) is 0 Å². The van der Waals surface area contributed by atoms with Gasteiger partial charge in [-0.2, -0.15) is 0 Å². The summed E-state index contributed by atoms with van der Waals surface area (Å²) in [5.41, 5.74) is 8.56. The zero-order valence-electron chi connectivity index (χ0n) is 11.5. The Balaban J connectivity index is 1.79. The van der Waals surface area contributed by atoms with Gasteiger partial charge in [-0.15, -0.1) is 0 Å². The van der Waals surface area contributed by atoms with Gasteiger partial charge in [0.1, 0.15) is 5.82 Å². The second-order valence-electron chi connectivity index (χ2n) is 6.16. The van der Waals surface area contributed by atoms with E-state index < -0.39 is 0 Å². The highest BCUT2D eigenvalue weighted by atomic mass is 19.1. The molecule has 1 heterocycles. The standard InChI is InChI=1S/C16H22FNO/c1-11-3-4-13(17)9-14(11)15(18)12-5-8-19-16(10-12)6-2-7-16/h3-4,9,12,15H,2,5-8,10,18H2,1H3. The summed E-state index contributed by atoms with van der Waals surface area (Å²) in [6, 6.07) is 4.85. The number of rotatable bonds is 2. The van der Waals surface area contributed by atoms with E-state index >= 15 is 0 Å². The fraction of sp³-hybridized carbons (Fsp3) is 0.625. The number of hydrogen-bond acceptors (Lipinski definition) is 2. The van der Waals surface area contributed by atoms with Crippen molar-refractivity contribution >= 4 is 0 Å². The molecule has 0 radical (unpaired) electrons. The minimum Gasteiger partial charge on any atom is -0.375 e. The SMILES string of the molecule is Cc1ccc(F)cc1C(N)C1CCOC2(CCC2)C1. The zero-order valence-corrected chi connectivity index (χ0v) is 11.5. The first kappa shape index (κ1) is 13.1. The summed E-state index contributed by atoms with van der Waals surface area (Å²) in [6.07, 6.45) is 5.61. The molecule has 0 amide bonds. The minimum atomic E-state index is -0.193. The van der Waals surface area contributed by atoms with Crippen molar-refractivity contribution in [2.24, 2.45) is 11.7 Å². The molecule has 2 N–H and O–H groups in total. The lowest BCUT2D eigenvalue weighted by Crippen LogP contribution is -2.47. The smallest absolute Gasteiger partial charge is 0.123 e. The average Bonchev–Trinajstić information content (AvgIpc) is 2.39. The van der Waals surface area contributed by atoms with Crippen molar-refractivity contribution < 1.29 is 9.13 Å². The summed E-state index contributed by atoms with van der Waals surface area (Å²) < 4.78 is 19.4. The molecule has 0 aromatic heterocycles. The van der Waals surface area contributed by atoms with E-state index in [2.05, 4.69) is 0 Å². The van der Waals surface area contributed by atoms with Crippen LogP contribution in [0.3, 0.4) is 0 Å². The largest absolute Gasteiger partial charge is 0.375 e. The molecule has 1 aromatic carbocycles. The first-order chi connectivity index (χ1) is 9.10. The van der Waals surface area contributed by atoms with Crippen LogP contribution < -0.4 is 5.73 Å². The maximum Gasteiger partial charge on any atom is 0.123 e. The van der Waals surface area contributed by atoms with E-state index in [-0.39, 0.29) is 17.5 Å². The van der Waals surface area contributed by atoms with Gasteiger partial charge in [-0.25, -0.2) is 4.39 Å². The number of benzene rings is 1. The molecular weight excluding hydrogens is 241 g/mol. The zero-order chi connectivity index (χ0) is 13.5. The van der Waals surface area contributed by atoms with Crippen LogP contribution in [0.15, 0.2) is 18.2 Å². The van der Waals surface area contributed by atoms with Gasteiger partial charge in [-0.05, 0) is 68.2 Å². The number of hydrogen-bond donors (Lipinski definition) is 1. The van der Waals surface area contributed by atoms with Crippen LogP contribution in [0, 0.1) is 18.7 Å². The third-order valence-electron chi connectivity index (χ3n) is 4.90. The molecule has 1 aliphatic carbocycles. The van der Waals surface area contributed by atoms with E-state index in [1.807, 2.05) is 13.0 Å². The van der Waals surface area contributed by atoms with E-state index in [4.69, 9.17) is 10.5 Å². The van der Waals surface area contributed by atoms with Crippen molar-refractivity contribution in [1.82, 2.24) is 0 Å². The van der Waals surface area contributed by atoms with Gasteiger partial charge in [-0.1, -0.05) is 6.07 Å². The van der Waals surface area contributed by atoms with Crippen LogP contribution in [0.2, 0.25) is 0 Å². The Bertz CT molecular complexity index is 470. The molecular formula is C16H22FNO. The Kier molecular flexibility index (Phi) is 3.35. The Morgan fingerprint density at radius 2 is 2.21 bits per heavy atom. The molecule has 2 fully saturated rings. The van der Waals surface area contributed by atoms with E-state index in [0.29, 0.717) is 5.92 Å². The van der Waals surface area contributed by atoms with Crippen LogP contribution >= 0.6 is 0 Å². The Hall–Kier alpha value is -0.930. The van der Waals surface area contributed by atoms with Crippen molar-refractivity contribution in [3.8, 4) is 0 Å². The normalized spacial score (nSPS) is 27.0. The first-order valence-electron chi connectivity index (χ1n) is 7.25. The third-order valence-corrected chi connectivity index (χ3v) is 4.90. The predicted octanol–water partition coefficient (Wildman–Crippen LogP) is 3.48. The molecule has 104 valence electrons. The number of halogens is 1. The van der Waals surface area contributed by atoms with Gasteiger partial charge in [0, 0.05) is 12.6 Å². The van der Waals surface area contributed by atoms with Crippen LogP contribution in [-0.4, -0.2) is 12.2 Å². The van der Waals surface area contributed by atoms with Gasteiger partial charge in [0.05, 0.1) is 5.60 Å². The maximum absolute atomic E-state index is 13.4. The highest BCUT2D eigenvalue weighted by molar-refractivity contribution is 5.30. The third kappa shape index (κ3) is 2.41. The van der Waals surface area contributed by atoms with Crippen molar-refractivity contribution in [3.05, 3.63) is 35.1 Å². The number of aryl methyl sites for hydroxylation is 1. The molecule has 3 heteroatoms. The second kappa shape index (κ2) is 4.88. The van der Waals surface area contributed by atoms with Crippen molar-refractivity contribution in [2.45, 2.75) is 50.7 Å². The highest BCUT2D eigenvalue weighted by Crippen LogP contribution is 2.46. The van der Waals surface area contributed by atoms with E-state index in [1.54, 1.807) is 6.07 Å². The topological polar surface area (TPSA) is 35.2 Å². The fourth-order valence-corrected chi connectivity index (χ4v) is 3.52. The molecule has 1 spiro atoms. The Morgan fingerprint density at radius 3 is 2.89 bits per heavy atom. The van der Waals surface area contributed by atoms with Crippen molar-refractivity contribution in [2.75, 3.05) is 6.61 Å². The minimum absolute atomic E-state index is 0.0722. The lowest BCUT2D eigenvalue weighted by Gasteiger charge is -2.48. The summed E-state index contributed by atoms with van der Waals surface area (Å²) in [5, 5.41) is 0. The molecule has 1 aliphatic heterocycles. The first-order valence-corrected chi connectivity index (χ1v) is 7.25. The summed E-state index contributed by atoms with van der Waals surface area (Å²) in [6.45, 7) is 2.81. The summed E-state index contributed by atoms with van der Waals surface area (Å²) >= 11 is 0. The number of ether oxygens (including phenoxy) is 1. The van der Waals surface area contributed by atoms with Crippen LogP contribution in [0.25, 0.3) is 0 Å². The van der Waals surface area contributed by atoms with Crippen molar-refractivity contribution in [1.29, 1.82) is 0 Å². The maximum atomic E-state index is 13.4. The van der Waals surface area contributed by atoms with Crippen LogP contribution in [0.4, 0.5) is 4.39 Å². The second-order valence-corrected chi connectivity index (χ2v) is 6.16. The molecule has 2 atom stereocenters. The monoisotopic (exact) mass is 263 g/mol. The predicted molar refractivity (Wildman–Crippen MR) is 73.3 cm³/mol. The Labute approximate surface area is 114 Å². The van der Waals surface area contributed by atoms with Gasteiger partial charge < -0.3 is 10.5 Å². The highest BCUT2D eigenvalue weighted by Gasteiger charge is 2.44. The van der Waals surface area contributed by atoms with Crippen molar-refractivity contribution in [3.63, 3.8) is 0 Å².